The fourth-order valence-electron chi connectivity index (χ4n) is 2.76. The van der Waals surface area contributed by atoms with Crippen LogP contribution in [0.25, 0.3) is 0 Å². The van der Waals surface area contributed by atoms with Crippen LogP contribution in [-0.2, 0) is 6.42 Å². The van der Waals surface area contributed by atoms with E-state index in [0.717, 1.165) is 24.3 Å². The van der Waals surface area contributed by atoms with Gasteiger partial charge in [0.1, 0.15) is 24.2 Å². The number of benzene rings is 3. The number of aliphatic hydroxyl groups excluding tert-OH is 1. The van der Waals surface area contributed by atoms with Crippen LogP contribution in [0.4, 0.5) is 10.5 Å². The minimum absolute atomic E-state index is 0. The summed E-state index contributed by atoms with van der Waals surface area (Å²) in [6.45, 7) is 1.43. The molecular weight excluding hydrogens is 416 g/mol. The second kappa shape index (κ2) is 13.3. The largest absolute Gasteiger partial charge is 0.491 e. The van der Waals surface area contributed by atoms with Crippen LogP contribution in [0.3, 0.4) is 0 Å². The number of ether oxygens (including phenoxy) is 2. The van der Waals surface area contributed by atoms with Crippen molar-refractivity contribution in [3.8, 4) is 11.5 Å². The van der Waals surface area contributed by atoms with Gasteiger partial charge in [0, 0.05) is 12.2 Å². The Morgan fingerprint density at radius 3 is 2.13 bits per heavy atom. The van der Waals surface area contributed by atoms with Gasteiger partial charge in [-0.05, 0) is 54.9 Å². The molecule has 31 heavy (non-hydrogen) atoms. The highest BCUT2D eigenvalue weighted by molar-refractivity contribution is 5.86. The number of carbonyl (C=O) groups excluding carboxylic acids is 1. The Hall–Kier alpha value is -3.06. The maximum atomic E-state index is 11.9. The Morgan fingerprint density at radius 1 is 0.871 bits per heavy atom. The van der Waals surface area contributed by atoms with E-state index in [1.165, 1.54) is 0 Å². The molecule has 0 unspecified atom stereocenters. The van der Waals surface area contributed by atoms with Gasteiger partial charge in [0.2, 0.25) is 0 Å². The Morgan fingerprint density at radius 2 is 1.48 bits per heavy atom. The van der Waals surface area contributed by atoms with Gasteiger partial charge in [-0.2, -0.15) is 0 Å². The van der Waals surface area contributed by atoms with Crippen molar-refractivity contribution in [2.45, 2.75) is 12.5 Å². The van der Waals surface area contributed by atoms with Gasteiger partial charge in [-0.1, -0.05) is 48.5 Å². The van der Waals surface area contributed by atoms with Crippen LogP contribution in [0.5, 0.6) is 11.5 Å². The van der Waals surface area contributed by atoms with E-state index in [2.05, 4.69) is 10.6 Å². The number of para-hydroxylation sites is 2. The van der Waals surface area contributed by atoms with E-state index in [0.29, 0.717) is 18.0 Å². The number of aliphatic hydroxyl groups is 1. The molecule has 0 aliphatic carbocycles. The minimum Gasteiger partial charge on any atom is -0.491 e. The maximum absolute atomic E-state index is 11.9. The first kappa shape index (κ1) is 24.2. The van der Waals surface area contributed by atoms with Crippen molar-refractivity contribution in [3.63, 3.8) is 0 Å². The Bertz CT molecular complexity index is 892. The maximum Gasteiger partial charge on any atom is 0.417 e. The predicted octanol–water partition coefficient (Wildman–Crippen LogP) is 4.29. The normalized spacial score (nSPS) is 11.1. The van der Waals surface area contributed by atoms with E-state index in [1.54, 1.807) is 24.3 Å². The summed E-state index contributed by atoms with van der Waals surface area (Å²) in [5.41, 5.74) is 1.79. The van der Waals surface area contributed by atoms with Gasteiger partial charge in [0.05, 0.1) is 0 Å². The Balaban J connectivity index is 0.00000341. The number of anilines is 1. The monoisotopic (exact) mass is 442 g/mol. The van der Waals surface area contributed by atoms with E-state index in [9.17, 15) is 9.90 Å². The number of hydrogen-bond donors (Lipinski definition) is 3. The lowest BCUT2D eigenvalue weighted by Gasteiger charge is -2.13. The molecule has 0 aliphatic heterocycles. The molecule has 7 heteroatoms. The van der Waals surface area contributed by atoms with Crippen LogP contribution in [0.2, 0.25) is 0 Å². The molecule has 0 aliphatic rings. The molecule has 0 saturated heterocycles. The van der Waals surface area contributed by atoms with Crippen molar-refractivity contribution in [1.82, 2.24) is 5.32 Å². The predicted molar refractivity (Wildman–Crippen MR) is 124 cm³/mol. The molecule has 6 nitrogen and oxygen atoms in total. The minimum atomic E-state index is -0.576. The third-order valence-corrected chi connectivity index (χ3v) is 4.31. The quantitative estimate of drug-likeness (QED) is 0.408. The van der Waals surface area contributed by atoms with Crippen LogP contribution in [0, 0.1) is 0 Å². The highest BCUT2D eigenvalue weighted by Gasteiger charge is 2.06. The van der Waals surface area contributed by atoms with Crippen molar-refractivity contribution in [2.75, 3.05) is 25.0 Å². The molecule has 0 radical (unpaired) electrons. The molecule has 164 valence electrons. The van der Waals surface area contributed by atoms with E-state index in [-0.39, 0.29) is 19.0 Å². The zero-order valence-electron chi connectivity index (χ0n) is 17.1. The summed E-state index contributed by atoms with van der Waals surface area (Å²) in [6.07, 6.45) is -0.296. The van der Waals surface area contributed by atoms with Gasteiger partial charge >= 0.3 is 6.09 Å². The van der Waals surface area contributed by atoms with Gasteiger partial charge in [0.25, 0.3) is 0 Å². The number of amides is 1. The summed E-state index contributed by atoms with van der Waals surface area (Å²) in [6, 6.07) is 25.9. The van der Waals surface area contributed by atoms with Crippen LogP contribution in [-0.4, -0.2) is 37.0 Å². The molecule has 3 aromatic rings. The molecule has 0 fully saturated rings. The van der Waals surface area contributed by atoms with E-state index < -0.39 is 12.2 Å². The molecule has 1 atom stereocenters. The fraction of sp³-hybridized carbons (Fsp3) is 0.208. The van der Waals surface area contributed by atoms with Crippen molar-refractivity contribution < 1.29 is 19.4 Å². The lowest BCUT2D eigenvalue weighted by atomic mass is 10.1. The highest BCUT2D eigenvalue weighted by Crippen LogP contribution is 2.13. The number of hydrogen-bond acceptors (Lipinski definition) is 5. The summed E-state index contributed by atoms with van der Waals surface area (Å²) in [7, 11) is 0. The summed E-state index contributed by atoms with van der Waals surface area (Å²) >= 11 is 0. The van der Waals surface area contributed by atoms with E-state index >= 15 is 0 Å². The number of rotatable bonds is 10. The molecule has 3 N–H and O–H groups in total. The SMILES string of the molecule is Cl.O=C(Nc1ccc(CCNC[C@H](O)COc2ccccc2)cc1)Oc1ccccc1. The molecule has 0 bridgehead atoms. The van der Waals surface area contributed by atoms with Gasteiger partial charge in [0.15, 0.2) is 0 Å². The molecule has 0 heterocycles. The van der Waals surface area contributed by atoms with Gasteiger partial charge in [-0.25, -0.2) is 4.79 Å². The summed E-state index contributed by atoms with van der Waals surface area (Å²) < 4.78 is 10.7. The second-order valence-electron chi connectivity index (χ2n) is 6.76. The first-order valence-corrected chi connectivity index (χ1v) is 9.88. The number of halogens is 1. The summed E-state index contributed by atoms with van der Waals surface area (Å²) in [5.74, 6) is 1.24. The van der Waals surface area contributed by atoms with E-state index in [1.807, 2.05) is 60.7 Å². The van der Waals surface area contributed by atoms with Crippen molar-refractivity contribution in [1.29, 1.82) is 0 Å². The number of carbonyl (C=O) groups is 1. The topological polar surface area (TPSA) is 79.8 Å². The zero-order valence-corrected chi connectivity index (χ0v) is 17.9. The van der Waals surface area contributed by atoms with Crippen LogP contribution < -0.4 is 20.1 Å². The van der Waals surface area contributed by atoms with Crippen molar-refractivity contribution in [3.05, 3.63) is 90.5 Å². The third kappa shape index (κ3) is 9.09. The van der Waals surface area contributed by atoms with Gasteiger partial charge in [-0.15, -0.1) is 12.4 Å². The lowest BCUT2D eigenvalue weighted by molar-refractivity contribution is 0.106. The molecule has 3 rings (SSSR count). The van der Waals surface area contributed by atoms with Crippen LogP contribution >= 0.6 is 12.4 Å². The number of nitrogens with one attached hydrogen (secondary N) is 2. The third-order valence-electron chi connectivity index (χ3n) is 4.31. The molecule has 1 amide bonds. The van der Waals surface area contributed by atoms with Crippen LogP contribution in [0.1, 0.15) is 5.56 Å². The molecule has 3 aromatic carbocycles. The first-order valence-electron chi connectivity index (χ1n) is 9.88. The molecule has 0 aromatic heterocycles. The first-order chi connectivity index (χ1) is 14.7. The second-order valence-corrected chi connectivity index (χ2v) is 6.76. The fourth-order valence-corrected chi connectivity index (χ4v) is 2.76. The smallest absolute Gasteiger partial charge is 0.417 e. The van der Waals surface area contributed by atoms with Crippen molar-refractivity contribution >= 4 is 24.2 Å². The Labute approximate surface area is 188 Å². The van der Waals surface area contributed by atoms with E-state index in [4.69, 9.17) is 9.47 Å². The molecule has 0 spiro atoms. The molecular formula is C24H27ClN2O4. The highest BCUT2D eigenvalue weighted by atomic mass is 35.5. The standard InChI is InChI=1S/C24H26N2O4.ClH/c27-21(18-29-22-7-3-1-4-8-22)17-25-16-15-19-11-13-20(14-12-19)26-24(28)30-23-9-5-2-6-10-23;/h1-14,21,25,27H,15-18H2,(H,26,28);1H/t21-;/m0./s1. The summed E-state index contributed by atoms with van der Waals surface area (Å²) in [4.78, 5) is 11.9. The lowest BCUT2D eigenvalue weighted by Crippen LogP contribution is -2.32. The van der Waals surface area contributed by atoms with Crippen molar-refractivity contribution in [2.24, 2.45) is 0 Å². The summed E-state index contributed by atoms with van der Waals surface area (Å²) in [5, 5.41) is 15.9. The zero-order chi connectivity index (χ0) is 21.0. The van der Waals surface area contributed by atoms with Gasteiger partial charge in [-0.3, -0.25) is 5.32 Å². The average Bonchev–Trinajstić information content (AvgIpc) is 2.78. The Kier molecular flexibility index (Phi) is 10.4. The average molecular weight is 443 g/mol. The molecule has 0 saturated carbocycles. The van der Waals surface area contributed by atoms with Gasteiger partial charge < -0.3 is 19.9 Å². The van der Waals surface area contributed by atoms with Crippen LogP contribution in [0.15, 0.2) is 84.9 Å².